The molecule has 0 amide bonds. The van der Waals surface area contributed by atoms with E-state index in [9.17, 15) is 4.79 Å². The maximum atomic E-state index is 12.4. The van der Waals surface area contributed by atoms with Crippen LogP contribution < -0.4 is 15.0 Å². The molecule has 116 valence electrons. The van der Waals surface area contributed by atoms with Crippen molar-refractivity contribution in [2.45, 2.75) is 0 Å². The molecule has 1 aromatic heterocycles. The summed E-state index contributed by atoms with van der Waals surface area (Å²) in [5.74, 6) is 1.55. The van der Waals surface area contributed by atoms with Crippen LogP contribution in [0.4, 0.5) is 0 Å². The molecule has 0 spiro atoms. The van der Waals surface area contributed by atoms with Crippen LogP contribution in [0.1, 0.15) is 0 Å². The molecule has 0 atom stereocenters. The molecule has 4 heteroatoms. The number of hydrogen-bond donors (Lipinski definition) is 1. The Bertz CT molecular complexity index is 849. The van der Waals surface area contributed by atoms with E-state index in [-0.39, 0.29) is 5.56 Å². The summed E-state index contributed by atoms with van der Waals surface area (Å²) in [5, 5.41) is 0. The molecule has 0 aliphatic carbocycles. The number of hydrogen-bond acceptors (Lipinski definition) is 3. The van der Waals surface area contributed by atoms with Crippen molar-refractivity contribution in [1.82, 2.24) is 4.98 Å². The molecule has 0 bridgehead atoms. The summed E-state index contributed by atoms with van der Waals surface area (Å²) in [7, 11) is 3.24. The van der Waals surface area contributed by atoms with Crippen molar-refractivity contribution >= 4 is 0 Å². The first-order chi connectivity index (χ1) is 11.2. The summed E-state index contributed by atoms with van der Waals surface area (Å²) in [5.41, 5.74) is 3.07. The smallest absolute Gasteiger partial charge is 0.256 e. The number of nitrogens with one attached hydrogen (secondary N) is 1. The van der Waals surface area contributed by atoms with Gasteiger partial charge in [0.1, 0.15) is 11.5 Å². The van der Waals surface area contributed by atoms with E-state index in [1.807, 2.05) is 60.7 Å². The topological polar surface area (TPSA) is 51.3 Å². The number of aromatic nitrogens is 1. The van der Waals surface area contributed by atoms with Gasteiger partial charge in [-0.05, 0) is 59.7 Å². The normalized spacial score (nSPS) is 10.3. The van der Waals surface area contributed by atoms with Gasteiger partial charge in [0.2, 0.25) is 0 Å². The Labute approximate surface area is 134 Å². The van der Waals surface area contributed by atoms with Crippen LogP contribution in [-0.2, 0) is 0 Å². The lowest BCUT2D eigenvalue weighted by Crippen LogP contribution is -2.09. The number of ether oxygens (including phenoxy) is 2. The lowest BCUT2D eigenvalue weighted by molar-refractivity contribution is 0.415. The number of aromatic amines is 1. The minimum absolute atomic E-state index is 0.122. The van der Waals surface area contributed by atoms with Gasteiger partial charge in [0.05, 0.1) is 14.2 Å². The summed E-state index contributed by atoms with van der Waals surface area (Å²) < 4.78 is 10.3. The molecule has 0 aliphatic rings. The van der Waals surface area contributed by atoms with E-state index in [1.165, 1.54) is 0 Å². The van der Waals surface area contributed by atoms with E-state index in [0.717, 1.165) is 28.3 Å². The highest BCUT2D eigenvalue weighted by atomic mass is 16.5. The standard InChI is InChI=1S/C19H17NO3/c1-22-15-7-3-13(4-8-15)17-11-12-18(20-19(17)21)14-5-9-16(23-2)10-6-14/h3-12H,1-2H3,(H,20,21). The second-order valence-electron chi connectivity index (χ2n) is 5.07. The highest BCUT2D eigenvalue weighted by Crippen LogP contribution is 2.23. The molecule has 0 fully saturated rings. The molecule has 3 aromatic rings. The van der Waals surface area contributed by atoms with Crippen molar-refractivity contribution in [3.05, 3.63) is 71.0 Å². The zero-order chi connectivity index (χ0) is 16.2. The SMILES string of the molecule is COc1ccc(-c2ccc(-c3ccc(OC)cc3)c(=O)[nH]2)cc1. The Hall–Kier alpha value is -3.01. The van der Waals surface area contributed by atoms with Crippen molar-refractivity contribution in [2.24, 2.45) is 0 Å². The third-order valence-electron chi connectivity index (χ3n) is 3.71. The Balaban J connectivity index is 1.94. The number of methoxy groups -OCH3 is 2. The van der Waals surface area contributed by atoms with Gasteiger partial charge in [-0.15, -0.1) is 0 Å². The molecule has 0 aliphatic heterocycles. The monoisotopic (exact) mass is 307 g/mol. The van der Waals surface area contributed by atoms with Crippen LogP contribution in [0.25, 0.3) is 22.4 Å². The summed E-state index contributed by atoms with van der Waals surface area (Å²) in [6.45, 7) is 0. The van der Waals surface area contributed by atoms with Crippen LogP contribution in [0, 0.1) is 0 Å². The molecule has 23 heavy (non-hydrogen) atoms. The second-order valence-corrected chi connectivity index (χ2v) is 5.07. The molecular weight excluding hydrogens is 290 g/mol. The van der Waals surface area contributed by atoms with E-state index in [0.29, 0.717) is 5.56 Å². The van der Waals surface area contributed by atoms with Crippen LogP contribution in [0.15, 0.2) is 65.5 Å². The van der Waals surface area contributed by atoms with Gasteiger partial charge in [0, 0.05) is 11.3 Å². The van der Waals surface area contributed by atoms with Crippen molar-refractivity contribution in [3.8, 4) is 33.9 Å². The average molecular weight is 307 g/mol. The van der Waals surface area contributed by atoms with Crippen LogP contribution in [0.3, 0.4) is 0 Å². The van der Waals surface area contributed by atoms with Crippen LogP contribution >= 0.6 is 0 Å². The average Bonchev–Trinajstić information content (AvgIpc) is 2.62. The number of rotatable bonds is 4. The van der Waals surface area contributed by atoms with Crippen molar-refractivity contribution < 1.29 is 9.47 Å². The fraction of sp³-hybridized carbons (Fsp3) is 0.105. The van der Waals surface area contributed by atoms with E-state index in [4.69, 9.17) is 9.47 Å². The minimum atomic E-state index is -0.122. The molecule has 3 rings (SSSR count). The van der Waals surface area contributed by atoms with E-state index in [1.54, 1.807) is 14.2 Å². The predicted molar refractivity (Wildman–Crippen MR) is 91.0 cm³/mol. The van der Waals surface area contributed by atoms with Gasteiger partial charge in [0.15, 0.2) is 0 Å². The fourth-order valence-corrected chi connectivity index (χ4v) is 2.41. The predicted octanol–water partition coefficient (Wildman–Crippen LogP) is 3.73. The molecular formula is C19H17NO3. The molecule has 1 heterocycles. The van der Waals surface area contributed by atoms with E-state index in [2.05, 4.69) is 4.98 Å². The fourth-order valence-electron chi connectivity index (χ4n) is 2.41. The van der Waals surface area contributed by atoms with Crippen LogP contribution in [-0.4, -0.2) is 19.2 Å². The molecule has 0 radical (unpaired) electrons. The summed E-state index contributed by atoms with van der Waals surface area (Å²) in [6, 6.07) is 18.7. The first-order valence-corrected chi connectivity index (χ1v) is 7.23. The number of pyridine rings is 1. The van der Waals surface area contributed by atoms with Crippen LogP contribution in [0.2, 0.25) is 0 Å². The number of benzene rings is 2. The summed E-state index contributed by atoms with van der Waals surface area (Å²) in [6.07, 6.45) is 0. The van der Waals surface area contributed by atoms with E-state index < -0.39 is 0 Å². The van der Waals surface area contributed by atoms with Gasteiger partial charge in [-0.2, -0.15) is 0 Å². The molecule has 0 saturated carbocycles. The van der Waals surface area contributed by atoms with Gasteiger partial charge >= 0.3 is 0 Å². The Kier molecular flexibility index (Phi) is 4.15. The highest BCUT2D eigenvalue weighted by molar-refractivity contribution is 5.67. The quantitative estimate of drug-likeness (QED) is 0.799. The van der Waals surface area contributed by atoms with Crippen molar-refractivity contribution in [2.75, 3.05) is 14.2 Å². The number of H-pyrrole nitrogens is 1. The van der Waals surface area contributed by atoms with Gasteiger partial charge in [-0.25, -0.2) is 0 Å². The first kappa shape index (κ1) is 14.9. The van der Waals surface area contributed by atoms with Crippen molar-refractivity contribution in [1.29, 1.82) is 0 Å². The van der Waals surface area contributed by atoms with Crippen molar-refractivity contribution in [3.63, 3.8) is 0 Å². The first-order valence-electron chi connectivity index (χ1n) is 7.23. The Morgan fingerprint density at radius 3 is 1.70 bits per heavy atom. The lowest BCUT2D eigenvalue weighted by atomic mass is 10.1. The zero-order valence-corrected chi connectivity index (χ0v) is 13.0. The molecule has 0 unspecified atom stereocenters. The molecule has 4 nitrogen and oxygen atoms in total. The van der Waals surface area contributed by atoms with Gasteiger partial charge < -0.3 is 14.5 Å². The van der Waals surface area contributed by atoms with E-state index >= 15 is 0 Å². The largest absolute Gasteiger partial charge is 0.497 e. The summed E-state index contributed by atoms with van der Waals surface area (Å²) in [4.78, 5) is 15.3. The lowest BCUT2D eigenvalue weighted by Gasteiger charge is -2.06. The Morgan fingerprint density at radius 1 is 0.696 bits per heavy atom. The summed E-state index contributed by atoms with van der Waals surface area (Å²) >= 11 is 0. The van der Waals surface area contributed by atoms with Crippen LogP contribution in [0.5, 0.6) is 11.5 Å². The van der Waals surface area contributed by atoms with Gasteiger partial charge in [-0.1, -0.05) is 12.1 Å². The minimum Gasteiger partial charge on any atom is -0.497 e. The van der Waals surface area contributed by atoms with Gasteiger partial charge in [0.25, 0.3) is 5.56 Å². The second kappa shape index (κ2) is 6.40. The third kappa shape index (κ3) is 3.11. The van der Waals surface area contributed by atoms with Gasteiger partial charge in [-0.3, -0.25) is 4.79 Å². The third-order valence-corrected chi connectivity index (χ3v) is 3.71. The highest BCUT2D eigenvalue weighted by Gasteiger charge is 2.06. The molecule has 1 N–H and O–H groups in total. The Morgan fingerprint density at radius 2 is 1.22 bits per heavy atom. The maximum absolute atomic E-state index is 12.4. The molecule has 2 aromatic carbocycles. The molecule has 0 saturated heterocycles. The maximum Gasteiger partial charge on any atom is 0.256 e. The zero-order valence-electron chi connectivity index (χ0n) is 13.0.